The highest BCUT2D eigenvalue weighted by Crippen LogP contribution is 2.20. The van der Waals surface area contributed by atoms with Crippen LogP contribution in [0.5, 0.6) is 5.75 Å². The van der Waals surface area contributed by atoms with Crippen LogP contribution in [0, 0.1) is 0 Å². The van der Waals surface area contributed by atoms with Gasteiger partial charge in [0.05, 0.1) is 17.7 Å². The normalized spacial score (nSPS) is 15.1. The van der Waals surface area contributed by atoms with E-state index in [4.69, 9.17) is 4.74 Å². The third-order valence-corrected chi connectivity index (χ3v) is 8.12. The molecule has 3 aromatic rings. The summed E-state index contributed by atoms with van der Waals surface area (Å²) in [6, 6.07) is 24.0. The van der Waals surface area contributed by atoms with Gasteiger partial charge in [0.2, 0.25) is 10.0 Å². The molecule has 36 heavy (non-hydrogen) atoms. The van der Waals surface area contributed by atoms with Crippen LogP contribution in [0.2, 0.25) is 0 Å². The number of amides is 1. The van der Waals surface area contributed by atoms with Crippen molar-refractivity contribution in [3.05, 3.63) is 94.5 Å². The Labute approximate surface area is 219 Å². The Morgan fingerprint density at radius 3 is 2.28 bits per heavy atom. The number of nitrogens with zero attached hydrogens (tertiary/aromatic N) is 3. The zero-order valence-corrected chi connectivity index (χ0v) is 22.0. The number of hydrogen-bond acceptors (Lipinski definition) is 6. The van der Waals surface area contributed by atoms with Crippen LogP contribution in [0.1, 0.15) is 11.1 Å². The van der Waals surface area contributed by atoms with Crippen LogP contribution >= 0.6 is 15.9 Å². The van der Waals surface area contributed by atoms with Crippen LogP contribution in [0.4, 0.5) is 0 Å². The first-order valence-corrected chi connectivity index (χ1v) is 13.7. The van der Waals surface area contributed by atoms with Crippen molar-refractivity contribution in [3.63, 3.8) is 0 Å². The van der Waals surface area contributed by atoms with E-state index in [1.807, 2.05) is 59.5 Å². The van der Waals surface area contributed by atoms with Crippen LogP contribution in [0.3, 0.4) is 0 Å². The molecule has 1 saturated heterocycles. The minimum absolute atomic E-state index is 0.149. The molecule has 8 nitrogen and oxygen atoms in total. The minimum atomic E-state index is -3.54. The molecule has 3 aromatic carbocycles. The van der Waals surface area contributed by atoms with Gasteiger partial charge in [0.15, 0.2) is 0 Å². The highest BCUT2D eigenvalue weighted by molar-refractivity contribution is 9.10. The Balaban J connectivity index is 1.19. The molecule has 1 amide bonds. The van der Waals surface area contributed by atoms with Gasteiger partial charge in [-0.3, -0.25) is 9.69 Å². The summed E-state index contributed by atoms with van der Waals surface area (Å²) < 4.78 is 33.7. The summed E-state index contributed by atoms with van der Waals surface area (Å²) >= 11 is 3.32. The fraction of sp³-hybridized carbons (Fsp3) is 0.231. The van der Waals surface area contributed by atoms with Crippen molar-refractivity contribution >= 4 is 38.1 Å². The van der Waals surface area contributed by atoms with E-state index in [9.17, 15) is 13.2 Å². The summed E-state index contributed by atoms with van der Waals surface area (Å²) in [7, 11) is -3.54. The summed E-state index contributed by atoms with van der Waals surface area (Å²) in [6.07, 6.45) is 1.57. The van der Waals surface area contributed by atoms with E-state index in [-0.39, 0.29) is 17.3 Å². The maximum Gasteiger partial charge on any atom is 0.254 e. The monoisotopic (exact) mass is 570 g/mol. The van der Waals surface area contributed by atoms with Crippen LogP contribution < -0.4 is 10.2 Å². The quantitative estimate of drug-likeness (QED) is 0.314. The van der Waals surface area contributed by atoms with Crippen molar-refractivity contribution in [2.24, 2.45) is 5.10 Å². The van der Waals surface area contributed by atoms with Gasteiger partial charge < -0.3 is 4.74 Å². The number of nitrogens with one attached hydrogen (secondary N) is 1. The molecule has 0 aliphatic carbocycles. The topological polar surface area (TPSA) is 91.3 Å². The van der Waals surface area contributed by atoms with Crippen molar-refractivity contribution in [1.82, 2.24) is 14.6 Å². The number of carbonyl (C=O) groups excluding carboxylic acids is 1. The SMILES string of the molecule is O=C(CN1CCN(S(=O)(=O)c2ccc(Br)cc2)CC1)N/N=C\c1ccc(OCc2ccccc2)cc1. The largest absolute Gasteiger partial charge is 0.489 e. The predicted octanol–water partition coefficient (Wildman–Crippen LogP) is 3.48. The van der Waals surface area contributed by atoms with Crippen molar-refractivity contribution in [2.45, 2.75) is 11.5 Å². The van der Waals surface area contributed by atoms with E-state index in [1.54, 1.807) is 30.5 Å². The van der Waals surface area contributed by atoms with Crippen LogP contribution in [0.15, 0.2) is 93.3 Å². The molecule has 1 heterocycles. The zero-order valence-electron chi connectivity index (χ0n) is 19.6. The molecule has 0 bridgehead atoms. The lowest BCUT2D eigenvalue weighted by Gasteiger charge is -2.33. The molecule has 0 aromatic heterocycles. The van der Waals surface area contributed by atoms with Gasteiger partial charge in [-0.15, -0.1) is 0 Å². The summed E-state index contributed by atoms with van der Waals surface area (Å²) in [5.74, 6) is 0.500. The third-order valence-electron chi connectivity index (χ3n) is 5.68. The molecule has 188 valence electrons. The Kier molecular flexibility index (Phi) is 8.87. The summed E-state index contributed by atoms with van der Waals surface area (Å²) in [5.41, 5.74) is 4.46. The first kappa shape index (κ1) is 26.0. The molecule has 1 N–H and O–H groups in total. The molecule has 0 atom stereocenters. The molecule has 0 spiro atoms. The lowest BCUT2D eigenvalue weighted by Crippen LogP contribution is -2.50. The van der Waals surface area contributed by atoms with E-state index in [1.165, 1.54) is 4.31 Å². The molecule has 4 rings (SSSR count). The molecule has 1 fully saturated rings. The molecule has 0 saturated carbocycles. The molecule has 0 unspecified atom stereocenters. The number of hydrogen-bond donors (Lipinski definition) is 1. The number of piperazine rings is 1. The fourth-order valence-electron chi connectivity index (χ4n) is 3.69. The average molecular weight is 571 g/mol. The second-order valence-electron chi connectivity index (χ2n) is 8.27. The predicted molar refractivity (Wildman–Crippen MR) is 142 cm³/mol. The number of carbonyl (C=O) groups is 1. The highest BCUT2D eigenvalue weighted by atomic mass is 79.9. The van der Waals surface area contributed by atoms with Crippen LogP contribution in [0.25, 0.3) is 0 Å². The summed E-state index contributed by atoms with van der Waals surface area (Å²) in [6.45, 7) is 2.24. The van der Waals surface area contributed by atoms with Gasteiger partial charge in [-0.05, 0) is 59.7 Å². The van der Waals surface area contributed by atoms with Crippen LogP contribution in [-0.4, -0.2) is 62.5 Å². The number of ether oxygens (including phenoxy) is 1. The van der Waals surface area contributed by atoms with Crippen molar-refractivity contribution in [1.29, 1.82) is 0 Å². The molecule has 0 radical (unpaired) electrons. The fourth-order valence-corrected chi connectivity index (χ4v) is 5.38. The standard InChI is InChI=1S/C26H27BrN4O4S/c27-23-8-12-25(13-9-23)36(33,34)31-16-14-30(15-17-31)19-26(32)29-28-18-21-6-10-24(11-7-21)35-20-22-4-2-1-3-5-22/h1-13,18H,14-17,19-20H2,(H,29,32)/b28-18-. The molecule has 1 aliphatic heterocycles. The Hall–Kier alpha value is -3.05. The maximum atomic E-state index is 12.8. The number of halogens is 1. The molecule has 10 heteroatoms. The number of hydrazone groups is 1. The Morgan fingerprint density at radius 2 is 1.61 bits per heavy atom. The Morgan fingerprint density at radius 1 is 0.944 bits per heavy atom. The van der Waals surface area contributed by atoms with E-state index in [2.05, 4.69) is 26.5 Å². The average Bonchev–Trinajstić information content (AvgIpc) is 2.89. The Bertz CT molecular complexity index is 1280. The van der Waals surface area contributed by atoms with Gasteiger partial charge in [0.25, 0.3) is 5.91 Å². The second-order valence-corrected chi connectivity index (χ2v) is 11.1. The number of rotatable bonds is 9. The summed E-state index contributed by atoms with van der Waals surface area (Å²) in [5, 5.41) is 4.03. The highest BCUT2D eigenvalue weighted by Gasteiger charge is 2.28. The van der Waals surface area contributed by atoms with Gasteiger partial charge in [-0.2, -0.15) is 9.41 Å². The van der Waals surface area contributed by atoms with Crippen molar-refractivity contribution < 1.29 is 17.9 Å². The van der Waals surface area contributed by atoms with E-state index in [0.29, 0.717) is 32.8 Å². The van der Waals surface area contributed by atoms with Gasteiger partial charge >= 0.3 is 0 Å². The van der Waals surface area contributed by atoms with Gasteiger partial charge in [-0.1, -0.05) is 46.3 Å². The van der Waals surface area contributed by atoms with Crippen molar-refractivity contribution in [3.8, 4) is 5.75 Å². The second kappa shape index (κ2) is 12.3. The van der Waals surface area contributed by atoms with Gasteiger partial charge in [-0.25, -0.2) is 13.8 Å². The van der Waals surface area contributed by atoms with Gasteiger partial charge in [0, 0.05) is 30.7 Å². The molecule has 1 aliphatic rings. The molecular formula is C26H27BrN4O4S. The lowest BCUT2D eigenvalue weighted by atomic mass is 10.2. The maximum absolute atomic E-state index is 12.8. The van der Waals surface area contributed by atoms with Crippen LogP contribution in [-0.2, 0) is 21.4 Å². The van der Waals surface area contributed by atoms with E-state index in [0.717, 1.165) is 21.3 Å². The molecular weight excluding hydrogens is 544 g/mol. The van der Waals surface area contributed by atoms with Gasteiger partial charge in [0.1, 0.15) is 12.4 Å². The number of benzene rings is 3. The lowest BCUT2D eigenvalue weighted by molar-refractivity contribution is -0.122. The minimum Gasteiger partial charge on any atom is -0.489 e. The summed E-state index contributed by atoms with van der Waals surface area (Å²) in [4.78, 5) is 14.5. The van der Waals surface area contributed by atoms with Crippen molar-refractivity contribution in [2.75, 3.05) is 32.7 Å². The van der Waals surface area contributed by atoms with E-state index >= 15 is 0 Å². The first-order chi connectivity index (χ1) is 17.4. The zero-order chi connectivity index (χ0) is 25.4. The third kappa shape index (κ3) is 7.23. The number of sulfonamides is 1. The first-order valence-electron chi connectivity index (χ1n) is 11.5. The van der Waals surface area contributed by atoms with E-state index < -0.39 is 10.0 Å². The smallest absolute Gasteiger partial charge is 0.254 e.